The number of nitrogens with zero attached hydrogens (tertiary/aromatic N) is 2. The van der Waals surface area contributed by atoms with Crippen molar-refractivity contribution in [3.8, 4) is 0 Å². The van der Waals surface area contributed by atoms with E-state index in [-0.39, 0.29) is 10.8 Å². The first-order valence-electron chi connectivity index (χ1n) is 10.1. The minimum Gasteiger partial charge on any atom is -0.340 e. The number of nitrogens with one attached hydrogen (secondary N) is 1. The van der Waals surface area contributed by atoms with E-state index in [4.69, 9.17) is 11.6 Å². The Kier molecular flexibility index (Phi) is 6.11. The average Bonchev–Trinajstić information content (AvgIpc) is 2.74. The van der Waals surface area contributed by atoms with Crippen molar-refractivity contribution >= 4 is 38.3 Å². The van der Waals surface area contributed by atoms with Crippen LogP contribution < -0.4 is 5.32 Å². The summed E-state index contributed by atoms with van der Waals surface area (Å²) in [6, 6.07) is 10.5. The summed E-state index contributed by atoms with van der Waals surface area (Å²) in [5.41, 5.74) is 0. The van der Waals surface area contributed by atoms with Crippen molar-refractivity contribution in [3.05, 3.63) is 41.4 Å². The van der Waals surface area contributed by atoms with Gasteiger partial charge in [-0.05, 0) is 66.9 Å². The van der Waals surface area contributed by atoms with Crippen molar-refractivity contribution in [2.75, 3.05) is 39.3 Å². The molecule has 2 fully saturated rings. The third-order valence-electron chi connectivity index (χ3n) is 5.92. The molecule has 4 rings (SSSR count). The Morgan fingerprint density at radius 3 is 2.38 bits per heavy atom. The zero-order chi connectivity index (χ0) is 20.4. The second kappa shape index (κ2) is 8.60. The van der Waals surface area contributed by atoms with Crippen LogP contribution in [-0.2, 0) is 14.8 Å². The molecule has 2 heterocycles. The largest absolute Gasteiger partial charge is 0.340 e. The van der Waals surface area contributed by atoms with Crippen molar-refractivity contribution in [2.24, 2.45) is 5.92 Å². The molecule has 6 nitrogen and oxygen atoms in total. The first kappa shape index (κ1) is 20.6. The van der Waals surface area contributed by atoms with Gasteiger partial charge in [0.25, 0.3) is 0 Å². The zero-order valence-corrected chi connectivity index (χ0v) is 17.9. The van der Waals surface area contributed by atoms with Crippen LogP contribution in [0, 0.1) is 5.92 Å². The molecule has 2 aromatic rings. The molecule has 0 aromatic heterocycles. The Morgan fingerprint density at radius 2 is 1.66 bits per heavy atom. The Bertz CT molecular complexity index is 997. The molecule has 29 heavy (non-hydrogen) atoms. The predicted molar refractivity (Wildman–Crippen MR) is 115 cm³/mol. The van der Waals surface area contributed by atoms with E-state index in [1.807, 2.05) is 17.0 Å². The van der Waals surface area contributed by atoms with Gasteiger partial charge in [0.2, 0.25) is 15.9 Å². The van der Waals surface area contributed by atoms with Crippen molar-refractivity contribution in [1.82, 2.24) is 14.5 Å². The van der Waals surface area contributed by atoms with Crippen LogP contribution >= 0.6 is 11.6 Å². The number of carbonyl (C=O) groups excluding carboxylic acids is 1. The Labute approximate surface area is 176 Å². The Balaban J connectivity index is 1.40. The van der Waals surface area contributed by atoms with Gasteiger partial charge in [-0.15, -0.1) is 0 Å². The fourth-order valence-corrected chi connectivity index (χ4v) is 5.78. The number of fused-ring (bicyclic) bond motifs is 1. The van der Waals surface area contributed by atoms with E-state index in [0.29, 0.717) is 43.5 Å². The summed E-state index contributed by atoms with van der Waals surface area (Å²) in [5.74, 6) is 0.591. The molecule has 0 radical (unpaired) electrons. The minimum atomic E-state index is -3.59. The van der Waals surface area contributed by atoms with E-state index < -0.39 is 10.0 Å². The Hall–Kier alpha value is -1.67. The van der Waals surface area contributed by atoms with Crippen LogP contribution in [-0.4, -0.2) is 62.8 Å². The van der Waals surface area contributed by atoms with Crippen LogP contribution in [0.3, 0.4) is 0 Å². The first-order chi connectivity index (χ1) is 13.9. The number of benzene rings is 2. The summed E-state index contributed by atoms with van der Waals surface area (Å²) >= 11 is 6.01. The monoisotopic (exact) mass is 435 g/mol. The van der Waals surface area contributed by atoms with E-state index >= 15 is 0 Å². The molecule has 0 spiro atoms. The summed E-state index contributed by atoms with van der Waals surface area (Å²) < 4.78 is 27.6. The fourth-order valence-electron chi connectivity index (χ4n) is 4.14. The van der Waals surface area contributed by atoms with Crippen molar-refractivity contribution in [2.45, 2.75) is 24.2 Å². The van der Waals surface area contributed by atoms with Crippen LogP contribution in [0.15, 0.2) is 41.3 Å². The second-order valence-corrected chi connectivity index (χ2v) is 10.2. The molecule has 2 aliphatic heterocycles. The van der Waals surface area contributed by atoms with Crippen LogP contribution in [0.5, 0.6) is 0 Å². The van der Waals surface area contributed by atoms with Gasteiger partial charge in [-0.25, -0.2) is 8.42 Å². The van der Waals surface area contributed by atoms with E-state index in [1.165, 1.54) is 4.31 Å². The molecule has 156 valence electrons. The lowest BCUT2D eigenvalue weighted by molar-refractivity contribution is -0.133. The lowest BCUT2D eigenvalue weighted by Crippen LogP contribution is -2.50. The molecular weight excluding hydrogens is 410 g/mol. The molecule has 0 bridgehead atoms. The zero-order valence-electron chi connectivity index (χ0n) is 16.3. The topological polar surface area (TPSA) is 69.7 Å². The maximum absolute atomic E-state index is 13.1. The molecular formula is C21H26ClN3O3S. The van der Waals surface area contributed by atoms with E-state index in [1.54, 1.807) is 24.3 Å². The number of halogens is 1. The summed E-state index contributed by atoms with van der Waals surface area (Å²) in [4.78, 5) is 14.7. The van der Waals surface area contributed by atoms with Crippen LogP contribution in [0.2, 0.25) is 5.02 Å². The van der Waals surface area contributed by atoms with E-state index in [9.17, 15) is 13.2 Å². The van der Waals surface area contributed by atoms with Crippen LogP contribution in [0.1, 0.15) is 19.3 Å². The lowest BCUT2D eigenvalue weighted by atomic mass is 9.94. The van der Waals surface area contributed by atoms with Crippen molar-refractivity contribution < 1.29 is 13.2 Å². The van der Waals surface area contributed by atoms with E-state index in [2.05, 4.69) is 5.32 Å². The standard InChI is InChI=1S/C21H26ClN3O3S/c22-19-3-1-18-15-20(4-2-17(18)14-19)29(27,28)25-11-9-24(10-12-25)21(26)13-16-5-7-23-8-6-16/h1-4,14-16,23H,5-13H2. The third-order valence-corrected chi connectivity index (χ3v) is 8.05. The molecule has 0 atom stereocenters. The number of carbonyl (C=O) groups is 1. The number of hydrogen-bond donors (Lipinski definition) is 1. The highest BCUT2D eigenvalue weighted by Crippen LogP contribution is 2.25. The highest BCUT2D eigenvalue weighted by atomic mass is 35.5. The maximum atomic E-state index is 13.1. The highest BCUT2D eigenvalue weighted by Gasteiger charge is 2.31. The van der Waals surface area contributed by atoms with Gasteiger partial charge in [0, 0.05) is 37.6 Å². The SMILES string of the molecule is O=C(CC1CCNCC1)N1CCN(S(=O)(=O)c2ccc3cc(Cl)ccc3c2)CC1. The van der Waals surface area contributed by atoms with Crippen molar-refractivity contribution in [1.29, 1.82) is 0 Å². The van der Waals surface area contributed by atoms with Gasteiger partial charge in [-0.2, -0.15) is 4.31 Å². The summed E-state index contributed by atoms with van der Waals surface area (Å²) in [7, 11) is -3.59. The maximum Gasteiger partial charge on any atom is 0.243 e. The second-order valence-electron chi connectivity index (χ2n) is 7.84. The highest BCUT2D eigenvalue weighted by molar-refractivity contribution is 7.89. The Morgan fingerprint density at radius 1 is 1.00 bits per heavy atom. The van der Waals surface area contributed by atoms with Crippen LogP contribution in [0.4, 0.5) is 0 Å². The van der Waals surface area contributed by atoms with E-state index in [0.717, 1.165) is 36.7 Å². The van der Waals surface area contributed by atoms with Gasteiger partial charge >= 0.3 is 0 Å². The molecule has 2 aromatic carbocycles. The molecule has 0 aliphatic carbocycles. The smallest absolute Gasteiger partial charge is 0.243 e. The van der Waals surface area contributed by atoms with Gasteiger partial charge in [0.15, 0.2) is 0 Å². The molecule has 2 saturated heterocycles. The third kappa shape index (κ3) is 4.58. The fraction of sp³-hybridized carbons (Fsp3) is 0.476. The molecule has 0 saturated carbocycles. The first-order valence-corrected chi connectivity index (χ1v) is 11.9. The predicted octanol–water partition coefficient (Wildman–Crippen LogP) is 2.72. The average molecular weight is 436 g/mol. The number of sulfonamides is 1. The number of amides is 1. The molecule has 8 heteroatoms. The molecule has 1 N–H and O–H groups in total. The minimum absolute atomic E-state index is 0.150. The molecule has 2 aliphatic rings. The quantitative estimate of drug-likeness (QED) is 0.801. The van der Waals surface area contributed by atoms with Crippen molar-refractivity contribution in [3.63, 3.8) is 0 Å². The van der Waals surface area contributed by atoms with Gasteiger partial charge in [0.05, 0.1) is 4.90 Å². The van der Waals surface area contributed by atoms with Crippen LogP contribution in [0.25, 0.3) is 10.8 Å². The lowest BCUT2D eigenvalue weighted by Gasteiger charge is -2.35. The molecule has 1 amide bonds. The number of piperazine rings is 1. The number of hydrogen-bond acceptors (Lipinski definition) is 4. The number of piperidine rings is 1. The summed E-state index contributed by atoms with van der Waals surface area (Å²) in [6.07, 6.45) is 2.64. The van der Waals surface area contributed by atoms with Gasteiger partial charge < -0.3 is 10.2 Å². The van der Waals surface area contributed by atoms with Gasteiger partial charge in [0.1, 0.15) is 0 Å². The number of rotatable bonds is 4. The summed E-state index contributed by atoms with van der Waals surface area (Å²) in [5, 5.41) is 5.68. The van der Waals surface area contributed by atoms with Gasteiger partial charge in [-0.3, -0.25) is 4.79 Å². The summed E-state index contributed by atoms with van der Waals surface area (Å²) in [6.45, 7) is 3.51. The molecule has 0 unspecified atom stereocenters. The normalized spacial score (nSPS) is 19.6. The van der Waals surface area contributed by atoms with Gasteiger partial charge in [-0.1, -0.05) is 23.7 Å².